The van der Waals surface area contributed by atoms with E-state index in [4.69, 9.17) is 24.7 Å². The van der Waals surface area contributed by atoms with Gasteiger partial charge in [0.05, 0.1) is 25.6 Å². The fourth-order valence-corrected chi connectivity index (χ4v) is 6.11. The number of hydrogen-bond donors (Lipinski definition) is 2. The summed E-state index contributed by atoms with van der Waals surface area (Å²) in [5, 5.41) is 3.00. The van der Waals surface area contributed by atoms with E-state index in [1.807, 2.05) is 29.7 Å². The summed E-state index contributed by atoms with van der Waals surface area (Å²) in [7, 11) is -3.15. The molecule has 3 N–H and O–H groups in total. The average Bonchev–Trinajstić information content (AvgIpc) is 3.49. The number of aryl methyl sites for hydroxylation is 1. The molecule has 0 fully saturated rings. The lowest BCUT2D eigenvalue weighted by molar-refractivity contribution is -0.144. The van der Waals surface area contributed by atoms with Gasteiger partial charge in [-0.1, -0.05) is 6.07 Å². The highest BCUT2D eigenvalue weighted by Gasteiger charge is 2.29. The second kappa shape index (κ2) is 11.2. The number of nitrogens with zero attached hydrogens (tertiary/aromatic N) is 4. The molecule has 1 aromatic carbocycles. The molecule has 36 heavy (non-hydrogen) atoms. The van der Waals surface area contributed by atoms with E-state index in [1.54, 1.807) is 20.2 Å². The Bertz CT molecular complexity index is 1270. The van der Waals surface area contributed by atoms with E-state index in [0.29, 0.717) is 41.4 Å². The minimum Gasteiger partial charge on any atom is -0.465 e. The number of hydrogen-bond acceptors (Lipinski definition) is 10. The molecule has 3 aromatic rings. The van der Waals surface area contributed by atoms with Gasteiger partial charge in [0.1, 0.15) is 24.2 Å². The summed E-state index contributed by atoms with van der Waals surface area (Å²) in [5.41, 5.74) is 7.92. The highest BCUT2D eigenvalue weighted by molar-refractivity contribution is 7.61. The largest absolute Gasteiger partial charge is 0.465 e. The van der Waals surface area contributed by atoms with E-state index in [-0.39, 0.29) is 32.0 Å². The standard InChI is InChI=1S/C23H31N6O6P/c1-4-32-23(30)16(3)28-36(31,8-7-17-5-6-18-19(9-17)34-13-33-18)14-35-15(2)10-29-12-27-20-21(24)25-11-26-22(20)29/h5-6,9,11-12,15-16H,4,7-8,10,13-14H2,1-3H3,(H,28,31)(H2,24,25,26)/t15-,16-,36?/m1/s1. The molecule has 0 saturated heterocycles. The molecule has 194 valence electrons. The van der Waals surface area contributed by atoms with Gasteiger partial charge in [-0.15, -0.1) is 0 Å². The lowest BCUT2D eigenvalue weighted by Gasteiger charge is -2.25. The third kappa shape index (κ3) is 6.13. The molecule has 0 bridgehead atoms. The maximum atomic E-state index is 13.9. The van der Waals surface area contributed by atoms with Crippen LogP contribution in [-0.2, 0) is 31.8 Å². The fourth-order valence-electron chi connectivity index (χ4n) is 3.86. The van der Waals surface area contributed by atoms with Gasteiger partial charge in [-0.05, 0) is 44.9 Å². The zero-order valence-corrected chi connectivity index (χ0v) is 21.4. The summed E-state index contributed by atoms with van der Waals surface area (Å²) in [6.45, 7) is 6.08. The maximum Gasteiger partial charge on any atom is 0.323 e. The van der Waals surface area contributed by atoms with Gasteiger partial charge in [0.25, 0.3) is 0 Å². The third-order valence-corrected chi connectivity index (χ3v) is 8.09. The van der Waals surface area contributed by atoms with E-state index < -0.39 is 19.3 Å². The second-order valence-corrected chi connectivity index (χ2v) is 11.3. The van der Waals surface area contributed by atoms with Crippen molar-refractivity contribution in [3.63, 3.8) is 0 Å². The van der Waals surface area contributed by atoms with Gasteiger partial charge < -0.3 is 33.8 Å². The summed E-state index contributed by atoms with van der Waals surface area (Å²) in [6, 6.07) is 4.88. The lowest BCUT2D eigenvalue weighted by atomic mass is 10.1. The van der Waals surface area contributed by atoms with Crippen LogP contribution in [-0.4, -0.2) is 63.5 Å². The van der Waals surface area contributed by atoms with Crippen molar-refractivity contribution in [3.8, 4) is 11.5 Å². The molecule has 0 radical (unpaired) electrons. The highest BCUT2D eigenvalue weighted by atomic mass is 31.2. The Hall–Kier alpha value is -3.21. The normalized spacial score (nSPS) is 16.0. The molecule has 2 aromatic heterocycles. The summed E-state index contributed by atoms with van der Waals surface area (Å²) in [4.78, 5) is 24.7. The van der Waals surface area contributed by atoms with E-state index in [9.17, 15) is 9.36 Å². The lowest BCUT2D eigenvalue weighted by Crippen LogP contribution is -2.35. The molecule has 0 amide bonds. The maximum absolute atomic E-state index is 13.9. The first-order valence-corrected chi connectivity index (χ1v) is 13.8. The molecule has 3 heterocycles. The van der Waals surface area contributed by atoms with Gasteiger partial charge in [-0.2, -0.15) is 0 Å². The van der Waals surface area contributed by atoms with Crippen molar-refractivity contribution in [1.29, 1.82) is 0 Å². The van der Waals surface area contributed by atoms with E-state index in [1.165, 1.54) is 6.33 Å². The van der Waals surface area contributed by atoms with Crippen LogP contribution in [0.25, 0.3) is 11.2 Å². The van der Waals surface area contributed by atoms with Gasteiger partial charge in [-0.25, -0.2) is 15.0 Å². The molecule has 0 aliphatic carbocycles. The first-order chi connectivity index (χ1) is 17.3. The third-order valence-electron chi connectivity index (χ3n) is 5.72. The molecule has 13 heteroatoms. The first-order valence-electron chi connectivity index (χ1n) is 11.7. The van der Waals surface area contributed by atoms with Crippen molar-refractivity contribution < 1.29 is 28.3 Å². The van der Waals surface area contributed by atoms with Crippen molar-refractivity contribution in [1.82, 2.24) is 24.6 Å². The molecule has 0 saturated carbocycles. The number of esters is 1. The quantitative estimate of drug-likeness (QED) is 0.269. The number of carbonyl (C=O) groups excluding carboxylic acids is 1. The van der Waals surface area contributed by atoms with Crippen LogP contribution in [0, 0.1) is 0 Å². The summed E-state index contributed by atoms with van der Waals surface area (Å²) < 4.78 is 37.7. The predicted molar refractivity (Wildman–Crippen MR) is 133 cm³/mol. The van der Waals surface area contributed by atoms with Crippen LogP contribution in [0.1, 0.15) is 26.3 Å². The second-order valence-electron chi connectivity index (χ2n) is 8.59. The van der Waals surface area contributed by atoms with Gasteiger partial charge in [0, 0.05) is 6.16 Å². The van der Waals surface area contributed by atoms with E-state index in [2.05, 4.69) is 20.0 Å². The Morgan fingerprint density at radius 3 is 2.86 bits per heavy atom. The van der Waals surface area contributed by atoms with Crippen LogP contribution < -0.4 is 20.3 Å². The molecule has 1 unspecified atom stereocenters. The molecule has 1 aliphatic rings. The van der Waals surface area contributed by atoms with Gasteiger partial charge in [-0.3, -0.25) is 9.88 Å². The van der Waals surface area contributed by atoms with Crippen LogP contribution in [0.3, 0.4) is 0 Å². The zero-order chi connectivity index (χ0) is 25.7. The van der Waals surface area contributed by atoms with Crippen LogP contribution in [0.2, 0.25) is 0 Å². The number of anilines is 1. The monoisotopic (exact) mass is 518 g/mol. The number of benzene rings is 1. The Balaban J connectivity index is 1.42. The smallest absolute Gasteiger partial charge is 0.323 e. The fraction of sp³-hybridized carbons (Fsp3) is 0.478. The number of rotatable bonds is 12. The number of carbonyl (C=O) groups is 1. The SMILES string of the molecule is CCOC(=O)[C@@H](C)NP(=O)(CCc1ccc2c(c1)OCO2)CO[C@H](C)Cn1cnc2c(N)ncnc21. The molecule has 3 atom stereocenters. The summed E-state index contributed by atoms with van der Waals surface area (Å²) in [6.07, 6.45) is 3.39. The van der Waals surface area contributed by atoms with Crippen molar-refractivity contribution in [2.24, 2.45) is 0 Å². The minimum atomic E-state index is -3.15. The Morgan fingerprint density at radius 2 is 2.06 bits per heavy atom. The Kier molecular flexibility index (Phi) is 8.07. The van der Waals surface area contributed by atoms with Crippen molar-refractivity contribution >= 4 is 30.2 Å². The van der Waals surface area contributed by atoms with Crippen LogP contribution >= 0.6 is 7.29 Å². The van der Waals surface area contributed by atoms with Gasteiger partial charge in [0.2, 0.25) is 6.79 Å². The number of aromatic nitrogens is 4. The van der Waals surface area contributed by atoms with E-state index in [0.717, 1.165) is 5.56 Å². The first kappa shape index (κ1) is 25.9. The van der Waals surface area contributed by atoms with Gasteiger partial charge in [0.15, 0.2) is 30.3 Å². The number of imidazole rings is 1. The van der Waals surface area contributed by atoms with Gasteiger partial charge >= 0.3 is 5.97 Å². The number of ether oxygens (including phenoxy) is 4. The number of fused-ring (bicyclic) bond motifs is 2. The Labute approximate surface area is 208 Å². The topological polar surface area (TPSA) is 153 Å². The summed E-state index contributed by atoms with van der Waals surface area (Å²) in [5.74, 6) is 1.19. The van der Waals surface area contributed by atoms with Crippen molar-refractivity contribution in [2.45, 2.75) is 45.9 Å². The molecular weight excluding hydrogens is 487 g/mol. The number of nitrogens with two attached hydrogens (primary N) is 1. The van der Waals surface area contributed by atoms with E-state index >= 15 is 0 Å². The molecule has 0 spiro atoms. The predicted octanol–water partition coefficient (Wildman–Crippen LogP) is 2.56. The zero-order valence-electron chi connectivity index (χ0n) is 20.5. The molecule has 1 aliphatic heterocycles. The van der Waals surface area contributed by atoms with Crippen molar-refractivity contribution in [2.75, 3.05) is 31.6 Å². The number of nitrogen functional groups attached to an aromatic ring is 1. The van der Waals surface area contributed by atoms with Crippen LogP contribution in [0.5, 0.6) is 11.5 Å². The highest BCUT2D eigenvalue weighted by Crippen LogP contribution is 2.43. The van der Waals surface area contributed by atoms with Crippen molar-refractivity contribution in [3.05, 3.63) is 36.4 Å². The minimum absolute atomic E-state index is 0.0633. The molecule has 12 nitrogen and oxygen atoms in total. The summed E-state index contributed by atoms with van der Waals surface area (Å²) >= 11 is 0. The molecule has 4 rings (SSSR count). The molecular formula is C23H31N6O6P. The average molecular weight is 519 g/mol. The Morgan fingerprint density at radius 1 is 1.25 bits per heavy atom. The number of nitrogens with one attached hydrogen (secondary N) is 1. The van der Waals surface area contributed by atoms with Crippen LogP contribution in [0.4, 0.5) is 5.82 Å². The van der Waals surface area contributed by atoms with Crippen LogP contribution in [0.15, 0.2) is 30.9 Å².